The Hall–Kier alpha value is -3.76. The molecule has 2 aromatic heterocycles. The van der Waals surface area contributed by atoms with Crippen molar-refractivity contribution < 1.29 is 27.4 Å². The molecule has 1 aliphatic rings. The van der Waals surface area contributed by atoms with Crippen LogP contribution in [0.5, 0.6) is 11.5 Å². The molecule has 3 heterocycles. The van der Waals surface area contributed by atoms with E-state index in [1.807, 2.05) is 0 Å². The van der Waals surface area contributed by atoms with Crippen molar-refractivity contribution >= 4 is 17.4 Å². The molecule has 3 aromatic rings. The van der Waals surface area contributed by atoms with Gasteiger partial charge in [-0.05, 0) is 29.8 Å². The molecule has 4 rings (SSSR count). The molecule has 168 valence electrons. The van der Waals surface area contributed by atoms with Crippen LogP contribution in [-0.4, -0.2) is 41.1 Å². The highest BCUT2D eigenvalue weighted by atomic mass is 19.4. The summed E-state index contributed by atoms with van der Waals surface area (Å²) in [4.78, 5) is 16.4. The zero-order valence-electron chi connectivity index (χ0n) is 17.2. The highest BCUT2D eigenvalue weighted by Gasteiger charge is 2.47. The van der Waals surface area contributed by atoms with E-state index >= 15 is 0 Å². The predicted octanol–water partition coefficient (Wildman–Crippen LogP) is 4.21. The van der Waals surface area contributed by atoms with Gasteiger partial charge in [-0.2, -0.15) is 18.3 Å². The first-order valence-corrected chi connectivity index (χ1v) is 9.66. The molecule has 8 nitrogen and oxygen atoms in total. The number of nitrogens with zero attached hydrogens (tertiary/aromatic N) is 3. The molecule has 1 aromatic carbocycles. The fourth-order valence-corrected chi connectivity index (χ4v) is 3.60. The average molecular weight is 447 g/mol. The zero-order valence-corrected chi connectivity index (χ0v) is 17.2. The number of rotatable bonds is 5. The largest absolute Gasteiger partial charge is 0.493 e. The van der Waals surface area contributed by atoms with E-state index in [1.54, 1.807) is 30.3 Å². The van der Waals surface area contributed by atoms with E-state index in [9.17, 15) is 18.0 Å². The van der Waals surface area contributed by atoms with Gasteiger partial charge in [-0.3, -0.25) is 9.78 Å². The lowest BCUT2D eigenvalue weighted by Crippen LogP contribution is -2.35. The first kappa shape index (κ1) is 21.5. The standard InChI is InChI=1S/C21H20F3N5O3/c1-31-16-6-5-12(8-17(16)32-2)14-9-18(21(22,23)24)29-19(27-14)10-15(28-29)20(30)26-13-4-3-7-25-11-13/h3-8,10-11,14,18,27H,9H2,1-2H3,(H,26,30)/t14-,18-/m1/s1. The van der Waals surface area contributed by atoms with Gasteiger partial charge in [-0.1, -0.05) is 6.07 Å². The Morgan fingerprint density at radius 3 is 2.62 bits per heavy atom. The molecule has 0 saturated carbocycles. The van der Waals surface area contributed by atoms with Crippen molar-refractivity contribution in [3.63, 3.8) is 0 Å². The third-order valence-electron chi connectivity index (χ3n) is 5.15. The van der Waals surface area contributed by atoms with Gasteiger partial charge < -0.3 is 20.1 Å². The highest BCUT2D eigenvalue weighted by Crippen LogP contribution is 2.44. The molecule has 2 N–H and O–H groups in total. The van der Waals surface area contributed by atoms with Crippen LogP contribution in [0.3, 0.4) is 0 Å². The van der Waals surface area contributed by atoms with Crippen LogP contribution in [0, 0.1) is 0 Å². The minimum Gasteiger partial charge on any atom is -0.493 e. The number of ether oxygens (including phenoxy) is 2. The van der Waals surface area contributed by atoms with Gasteiger partial charge >= 0.3 is 6.18 Å². The van der Waals surface area contributed by atoms with Crippen molar-refractivity contribution in [2.24, 2.45) is 0 Å². The third kappa shape index (κ3) is 4.18. The second kappa shape index (κ2) is 8.40. The van der Waals surface area contributed by atoms with Gasteiger partial charge in [0.2, 0.25) is 0 Å². The molecule has 0 fully saturated rings. The van der Waals surface area contributed by atoms with Crippen molar-refractivity contribution in [3.8, 4) is 11.5 Å². The molecule has 1 aliphatic heterocycles. The Morgan fingerprint density at radius 2 is 1.97 bits per heavy atom. The molecule has 0 saturated heterocycles. The topological polar surface area (TPSA) is 90.3 Å². The van der Waals surface area contributed by atoms with Gasteiger partial charge in [-0.15, -0.1) is 0 Å². The average Bonchev–Trinajstić information content (AvgIpc) is 3.22. The summed E-state index contributed by atoms with van der Waals surface area (Å²) in [6, 6.07) is 6.90. The highest BCUT2D eigenvalue weighted by molar-refractivity contribution is 6.03. The number of anilines is 2. The zero-order chi connectivity index (χ0) is 22.9. The molecule has 32 heavy (non-hydrogen) atoms. The van der Waals surface area contributed by atoms with E-state index in [2.05, 4.69) is 20.7 Å². The Morgan fingerprint density at radius 1 is 1.19 bits per heavy atom. The van der Waals surface area contributed by atoms with E-state index in [0.717, 1.165) is 4.68 Å². The third-order valence-corrected chi connectivity index (χ3v) is 5.15. The number of aromatic nitrogens is 3. The monoisotopic (exact) mass is 447 g/mol. The van der Waals surface area contributed by atoms with Gasteiger partial charge in [-0.25, -0.2) is 4.68 Å². The molecule has 1 amide bonds. The quantitative estimate of drug-likeness (QED) is 0.609. The van der Waals surface area contributed by atoms with E-state index in [1.165, 1.54) is 32.7 Å². The van der Waals surface area contributed by atoms with Gasteiger partial charge in [0, 0.05) is 18.7 Å². The van der Waals surface area contributed by atoms with Crippen LogP contribution in [0.25, 0.3) is 0 Å². The van der Waals surface area contributed by atoms with Crippen LogP contribution in [-0.2, 0) is 0 Å². The maximum absolute atomic E-state index is 13.9. The number of carbonyl (C=O) groups is 1. The number of carbonyl (C=O) groups excluding carboxylic acids is 1. The number of alkyl halides is 3. The van der Waals surface area contributed by atoms with E-state index in [-0.39, 0.29) is 17.9 Å². The van der Waals surface area contributed by atoms with Crippen molar-refractivity contribution in [1.82, 2.24) is 14.8 Å². The van der Waals surface area contributed by atoms with Gasteiger partial charge in [0.1, 0.15) is 5.82 Å². The van der Waals surface area contributed by atoms with E-state index in [4.69, 9.17) is 9.47 Å². The van der Waals surface area contributed by atoms with E-state index in [0.29, 0.717) is 22.7 Å². The summed E-state index contributed by atoms with van der Waals surface area (Å²) in [5.74, 6) is 0.338. The number of hydrogen-bond donors (Lipinski definition) is 2. The summed E-state index contributed by atoms with van der Waals surface area (Å²) in [6.45, 7) is 0. The SMILES string of the molecule is COc1ccc([C@H]2C[C@H](C(F)(F)F)n3nc(C(=O)Nc4cccnc4)cc3N2)cc1OC. The summed E-state index contributed by atoms with van der Waals surface area (Å²) in [6.07, 6.45) is -1.90. The summed E-state index contributed by atoms with van der Waals surface area (Å²) in [7, 11) is 2.93. The molecule has 0 bridgehead atoms. The van der Waals surface area contributed by atoms with Crippen LogP contribution in [0.1, 0.15) is 34.6 Å². The van der Waals surface area contributed by atoms with E-state index < -0.39 is 24.2 Å². The number of methoxy groups -OCH3 is 2. The van der Waals surface area contributed by atoms with Gasteiger partial charge in [0.15, 0.2) is 23.2 Å². The molecule has 2 atom stereocenters. The number of hydrogen-bond acceptors (Lipinski definition) is 6. The summed E-state index contributed by atoms with van der Waals surface area (Å²) in [5, 5.41) is 9.57. The van der Waals surface area contributed by atoms with Crippen molar-refractivity contribution in [1.29, 1.82) is 0 Å². The maximum Gasteiger partial charge on any atom is 0.410 e. The first-order valence-electron chi connectivity index (χ1n) is 9.66. The lowest BCUT2D eigenvalue weighted by molar-refractivity contribution is -0.173. The molecule has 0 spiro atoms. The van der Waals surface area contributed by atoms with Gasteiger partial charge in [0.05, 0.1) is 32.1 Å². The number of halogens is 3. The molecule has 0 radical (unpaired) electrons. The summed E-state index contributed by atoms with van der Waals surface area (Å²) < 4.78 is 53.0. The molecular formula is C21H20F3N5O3. The lowest BCUT2D eigenvalue weighted by Gasteiger charge is -2.33. The Labute approximate surface area is 181 Å². The number of pyridine rings is 1. The summed E-state index contributed by atoms with van der Waals surface area (Å²) in [5.41, 5.74) is 0.858. The molecular weight excluding hydrogens is 427 g/mol. The van der Waals surface area contributed by atoms with Crippen LogP contribution in [0.15, 0.2) is 48.8 Å². The van der Waals surface area contributed by atoms with Crippen molar-refractivity contribution in [3.05, 3.63) is 60.0 Å². The van der Waals surface area contributed by atoms with Crippen LogP contribution < -0.4 is 20.1 Å². The van der Waals surface area contributed by atoms with Crippen LogP contribution >= 0.6 is 0 Å². The minimum absolute atomic E-state index is 0.0923. The predicted molar refractivity (Wildman–Crippen MR) is 110 cm³/mol. The smallest absolute Gasteiger partial charge is 0.410 e. The minimum atomic E-state index is -4.56. The normalized spacial score (nSPS) is 17.8. The fraction of sp³-hybridized carbons (Fsp3) is 0.286. The molecule has 0 unspecified atom stereocenters. The Kier molecular flexibility index (Phi) is 5.64. The van der Waals surface area contributed by atoms with Crippen molar-refractivity contribution in [2.75, 3.05) is 24.9 Å². The molecule has 0 aliphatic carbocycles. The second-order valence-electron chi connectivity index (χ2n) is 7.16. The first-order chi connectivity index (χ1) is 15.3. The van der Waals surface area contributed by atoms with Crippen molar-refractivity contribution in [2.45, 2.75) is 24.7 Å². The number of benzene rings is 1. The molecule has 11 heteroatoms. The van der Waals surface area contributed by atoms with Crippen LogP contribution in [0.2, 0.25) is 0 Å². The lowest BCUT2D eigenvalue weighted by atomic mass is 9.96. The van der Waals surface area contributed by atoms with Crippen LogP contribution in [0.4, 0.5) is 24.7 Å². The number of nitrogens with one attached hydrogen (secondary N) is 2. The Balaban J connectivity index is 1.66. The summed E-state index contributed by atoms with van der Waals surface area (Å²) >= 11 is 0. The number of fused-ring (bicyclic) bond motifs is 1. The number of amides is 1. The van der Waals surface area contributed by atoms with Gasteiger partial charge in [0.25, 0.3) is 5.91 Å². The second-order valence-corrected chi connectivity index (χ2v) is 7.16. The Bertz CT molecular complexity index is 1120. The fourth-order valence-electron chi connectivity index (χ4n) is 3.60. The maximum atomic E-state index is 13.9.